The molecule has 0 unspecified atom stereocenters. The van der Waals surface area contributed by atoms with Crippen LogP contribution in [-0.2, 0) is 4.74 Å². The van der Waals surface area contributed by atoms with Gasteiger partial charge in [-0.25, -0.2) is 14.2 Å². The number of hydrogen-bond acceptors (Lipinski definition) is 4. The maximum absolute atomic E-state index is 13.2. The van der Waals surface area contributed by atoms with Gasteiger partial charge in [-0.1, -0.05) is 0 Å². The fourth-order valence-corrected chi connectivity index (χ4v) is 1.60. The number of benzene rings is 1. The van der Waals surface area contributed by atoms with Crippen molar-refractivity contribution in [3.63, 3.8) is 0 Å². The van der Waals surface area contributed by atoms with Crippen LogP contribution in [-0.4, -0.2) is 24.0 Å². The van der Waals surface area contributed by atoms with Gasteiger partial charge in [-0.15, -0.1) is 0 Å². The quantitative estimate of drug-likeness (QED) is 0.811. The predicted molar refractivity (Wildman–Crippen MR) is 61.6 cm³/mol. The molecule has 0 aliphatic rings. The number of aromatic nitrogens is 1. The molecule has 0 bridgehead atoms. The van der Waals surface area contributed by atoms with Crippen molar-refractivity contribution in [2.45, 2.75) is 0 Å². The summed E-state index contributed by atoms with van der Waals surface area (Å²) in [5, 5.41) is 0.270. The summed E-state index contributed by atoms with van der Waals surface area (Å²) in [4.78, 5) is 26.6. The smallest absolute Gasteiger partial charge is 0.338 e. The number of halogens is 1. The molecule has 0 radical (unpaired) electrons. The summed E-state index contributed by atoms with van der Waals surface area (Å²) in [6.07, 6.45) is 0. The first-order valence-electron chi connectivity index (χ1n) is 5.01. The van der Waals surface area contributed by atoms with Gasteiger partial charge < -0.3 is 10.5 Å². The van der Waals surface area contributed by atoms with Gasteiger partial charge in [0.15, 0.2) is 0 Å². The lowest BCUT2D eigenvalue weighted by Crippen LogP contribution is -2.15. The zero-order chi connectivity index (χ0) is 13.3. The number of ether oxygens (including phenoxy) is 1. The van der Waals surface area contributed by atoms with Crippen LogP contribution in [0.15, 0.2) is 24.3 Å². The van der Waals surface area contributed by atoms with Gasteiger partial charge >= 0.3 is 5.97 Å². The van der Waals surface area contributed by atoms with Gasteiger partial charge in [0, 0.05) is 5.39 Å². The number of fused-ring (bicyclic) bond motifs is 1. The zero-order valence-electron chi connectivity index (χ0n) is 9.44. The van der Waals surface area contributed by atoms with E-state index in [1.54, 1.807) is 0 Å². The molecule has 92 valence electrons. The van der Waals surface area contributed by atoms with E-state index in [2.05, 4.69) is 9.72 Å². The minimum absolute atomic E-state index is 0.0517. The second-order valence-electron chi connectivity index (χ2n) is 3.57. The summed E-state index contributed by atoms with van der Waals surface area (Å²) in [6, 6.07) is 4.89. The molecule has 5 nitrogen and oxygen atoms in total. The highest BCUT2D eigenvalue weighted by Crippen LogP contribution is 2.20. The van der Waals surface area contributed by atoms with E-state index in [1.165, 1.54) is 25.3 Å². The monoisotopic (exact) mass is 248 g/mol. The van der Waals surface area contributed by atoms with Gasteiger partial charge in [0.2, 0.25) is 0 Å². The maximum Gasteiger partial charge on any atom is 0.338 e. The number of carbonyl (C=O) groups excluding carboxylic acids is 2. The molecule has 0 aliphatic carbocycles. The number of primary amides is 1. The van der Waals surface area contributed by atoms with Gasteiger partial charge in [-0.3, -0.25) is 4.79 Å². The fourth-order valence-electron chi connectivity index (χ4n) is 1.60. The van der Waals surface area contributed by atoms with Crippen LogP contribution < -0.4 is 5.73 Å². The van der Waals surface area contributed by atoms with Crippen molar-refractivity contribution in [1.29, 1.82) is 0 Å². The molecule has 0 atom stereocenters. The van der Waals surface area contributed by atoms with E-state index >= 15 is 0 Å². The van der Waals surface area contributed by atoms with Gasteiger partial charge in [0.05, 0.1) is 18.2 Å². The van der Waals surface area contributed by atoms with Crippen molar-refractivity contribution < 1.29 is 18.7 Å². The van der Waals surface area contributed by atoms with E-state index in [4.69, 9.17) is 5.73 Å². The topological polar surface area (TPSA) is 82.3 Å². The lowest BCUT2D eigenvalue weighted by atomic mass is 10.1. The van der Waals surface area contributed by atoms with Gasteiger partial charge in [-0.05, 0) is 24.3 Å². The van der Waals surface area contributed by atoms with E-state index in [-0.39, 0.29) is 16.6 Å². The first kappa shape index (κ1) is 12.0. The molecule has 0 spiro atoms. The molecular weight excluding hydrogens is 239 g/mol. The summed E-state index contributed by atoms with van der Waals surface area (Å²) in [5.41, 5.74) is 5.39. The summed E-state index contributed by atoms with van der Waals surface area (Å²) in [5.74, 6) is -1.97. The Morgan fingerprint density at radius 3 is 2.67 bits per heavy atom. The van der Waals surface area contributed by atoms with Crippen LogP contribution in [0.2, 0.25) is 0 Å². The van der Waals surface area contributed by atoms with Crippen LogP contribution >= 0.6 is 0 Å². The van der Waals surface area contributed by atoms with Crippen molar-refractivity contribution >= 4 is 22.8 Å². The highest BCUT2D eigenvalue weighted by molar-refractivity contribution is 6.06. The first-order valence-corrected chi connectivity index (χ1v) is 5.01. The normalized spacial score (nSPS) is 10.3. The van der Waals surface area contributed by atoms with Crippen molar-refractivity contribution in [2.75, 3.05) is 7.11 Å². The van der Waals surface area contributed by atoms with Crippen LogP contribution in [0.4, 0.5) is 4.39 Å². The molecule has 2 rings (SSSR count). The summed E-state index contributed by atoms with van der Waals surface area (Å²) in [7, 11) is 1.19. The Bertz CT molecular complexity index is 655. The molecule has 6 heteroatoms. The Morgan fingerprint density at radius 2 is 2.06 bits per heavy atom. The van der Waals surface area contributed by atoms with Crippen LogP contribution in [0.25, 0.3) is 10.9 Å². The van der Waals surface area contributed by atoms with Crippen LogP contribution in [0.5, 0.6) is 0 Å². The number of amides is 1. The number of nitrogens with two attached hydrogens (primary N) is 1. The molecular formula is C12H9FN2O3. The molecule has 1 heterocycles. The highest BCUT2D eigenvalue weighted by Gasteiger charge is 2.16. The van der Waals surface area contributed by atoms with Gasteiger partial charge in [-0.2, -0.15) is 0 Å². The summed E-state index contributed by atoms with van der Waals surface area (Å²) >= 11 is 0. The Hall–Kier alpha value is -2.50. The number of hydrogen-bond donors (Lipinski definition) is 1. The van der Waals surface area contributed by atoms with Crippen molar-refractivity contribution in [1.82, 2.24) is 4.98 Å². The molecule has 2 aromatic rings. The van der Waals surface area contributed by atoms with E-state index in [1.807, 2.05) is 0 Å². The summed E-state index contributed by atoms with van der Waals surface area (Å²) in [6.45, 7) is 0. The number of nitrogens with zero attached hydrogens (tertiary/aromatic N) is 1. The molecule has 1 amide bonds. The van der Waals surface area contributed by atoms with Crippen LogP contribution in [0.3, 0.4) is 0 Å². The van der Waals surface area contributed by atoms with E-state index in [0.29, 0.717) is 5.52 Å². The molecule has 1 aromatic heterocycles. The zero-order valence-corrected chi connectivity index (χ0v) is 9.44. The van der Waals surface area contributed by atoms with Gasteiger partial charge in [0.25, 0.3) is 5.91 Å². The first-order chi connectivity index (χ1) is 8.52. The molecule has 18 heavy (non-hydrogen) atoms. The van der Waals surface area contributed by atoms with Crippen molar-refractivity contribution in [3.8, 4) is 0 Å². The van der Waals surface area contributed by atoms with E-state index < -0.39 is 17.7 Å². The Labute approximate surface area is 101 Å². The maximum atomic E-state index is 13.2. The number of methoxy groups -OCH3 is 1. The molecule has 0 aliphatic heterocycles. The third-order valence-corrected chi connectivity index (χ3v) is 2.43. The lowest BCUT2D eigenvalue weighted by molar-refractivity contribution is 0.0603. The predicted octanol–water partition coefficient (Wildman–Crippen LogP) is 1.26. The third-order valence-electron chi connectivity index (χ3n) is 2.43. The molecule has 0 saturated heterocycles. The average Bonchev–Trinajstić information content (AvgIpc) is 2.36. The number of carbonyl (C=O) groups is 2. The largest absolute Gasteiger partial charge is 0.465 e. The Kier molecular flexibility index (Phi) is 2.93. The summed E-state index contributed by atoms with van der Waals surface area (Å²) < 4.78 is 17.7. The molecule has 1 aromatic carbocycles. The Balaban J connectivity index is 2.81. The molecule has 2 N–H and O–H groups in total. The SMILES string of the molecule is COC(=O)c1cc(C(N)=O)nc2ccc(F)cc12. The Morgan fingerprint density at radius 1 is 1.33 bits per heavy atom. The minimum atomic E-state index is -0.772. The van der Waals surface area contributed by atoms with E-state index in [9.17, 15) is 14.0 Å². The highest BCUT2D eigenvalue weighted by atomic mass is 19.1. The molecule has 0 fully saturated rings. The number of rotatable bonds is 2. The van der Waals surface area contributed by atoms with Gasteiger partial charge in [0.1, 0.15) is 11.5 Å². The second-order valence-corrected chi connectivity index (χ2v) is 3.57. The van der Waals surface area contributed by atoms with Crippen LogP contribution in [0, 0.1) is 5.82 Å². The van der Waals surface area contributed by atoms with E-state index in [0.717, 1.165) is 6.07 Å². The fraction of sp³-hybridized carbons (Fsp3) is 0.0833. The molecule has 0 saturated carbocycles. The van der Waals surface area contributed by atoms with Crippen LogP contribution in [0.1, 0.15) is 20.8 Å². The average molecular weight is 248 g/mol. The number of pyridine rings is 1. The van der Waals surface area contributed by atoms with Crippen molar-refractivity contribution in [3.05, 3.63) is 41.3 Å². The number of esters is 1. The third kappa shape index (κ3) is 2.00. The lowest BCUT2D eigenvalue weighted by Gasteiger charge is -2.06. The minimum Gasteiger partial charge on any atom is -0.465 e. The second kappa shape index (κ2) is 4.40. The van der Waals surface area contributed by atoms with Crippen molar-refractivity contribution in [2.24, 2.45) is 5.73 Å². The standard InChI is InChI=1S/C12H9FN2O3/c1-18-12(17)8-5-10(11(14)16)15-9-3-2-6(13)4-7(8)9/h2-5H,1H3,(H2,14,16).